The fourth-order valence-corrected chi connectivity index (χ4v) is 6.12. The zero-order valence-electron chi connectivity index (χ0n) is 20.7. The van der Waals surface area contributed by atoms with Crippen LogP contribution in [0.1, 0.15) is 39.2 Å². The minimum absolute atomic E-state index is 0.0964. The third kappa shape index (κ3) is 5.78. The number of anilines is 2. The molecule has 1 amide bonds. The van der Waals surface area contributed by atoms with Crippen molar-refractivity contribution in [1.29, 1.82) is 0 Å². The standard InChI is InChI=1S/C26H32FN5O2S/c1-5-32(6-2)26(33)18(4)34-23-14-19(27)9-10-21(23)30-25-24-17(3)13-20(15-22(24)28-16-29-25)31-35-11-7-8-12-35/h9-10,13-16,18H,5-8,11-12H2,1-4H3,(H,28,29,30)/t18-/m1/s1. The third-order valence-corrected chi connectivity index (χ3v) is 8.08. The van der Waals surface area contributed by atoms with Gasteiger partial charge in [0.25, 0.3) is 5.91 Å². The Morgan fingerprint density at radius 3 is 2.66 bits per heavy atom. The molecule has 0 aliphatic carbocycles. The van der Waals surface area contributed by atoms with Gasteiger partial charge in [0.05, 0.1) is 16.9 Å². The maximum atomic E-state index is 14.1. The molecule has 0 bridgehead atoms. The number of halogens is 1. The van der Waals surface area contributed by atoms with Gasteiger partial charge in [0, 0.05) is 36.0 Å². The van der Waals surface area contributed by atoms with Crippen molar-refractivity contribution in [3.63, 3.8) is 0 Å². The number of benzene rings is 2. The SMILES string of the molecule is CCN(CC)C(=O)[C@@H](C)Oc1cc(F)ccc1Nc1ncnc2cc(N=S3CCCC3)cc(C)c12. The number of carbonyl (C=O) groups excluding carboxylic acids is 1. The van der Waals surface area contributed by atoms with Crippen molar-refractivity contribution in [3.8, 4) is 5.75 Å². The number of aromatic nitrogens is 2. The minimum Gasteiger partial charge on any atom is -0.479 e. The van der Waals surface area contributed by atoms with E-state index < -0.39 is 11.9 Å². The predicted octanol–water partition coefficient (Wildman–Crippen LogP) is 5.68. The van der Waals surface area contributed by atoms with Crippen molar-refractivity contribution in [1.82, 2.24) is 14.9 Å². The molecule has 3 aromatic rings. The zero-order chi connectivity index (χ0) is 24.9. The van der Waals surface area contributed by atoms with E-state index in [-0.39, 0.29) is 22.3 Å². The Morgan fingerprint density at radius 2 is 1.94 bits per heavy atom. The van der Waals surface area contributed by atoms with E-state index in [2.05, 4.69) is 21.4 Å². The van der Waals surface area contributed by atoms with Crippen LogP contribution < -0.4 is 10.1 Å². The van der Waals surface area contributed by atoms with E-state index in [1.807, 2.05) is 26.8 Å². The number of nitrogens with one attached hydrogen (secondary N) is 1. The number of fused-ring (bicyclic) bond motifs is 1. The van der Waals surface area contributed by atoms with Crippen LogP contribution in [-0.4, -0.2) is 51.5 Å². The Balaban J connectivity index is 1.65. The monoisotopic (exact) mass is 497 g/mol. The molecule has 9 heteroatoms. The molecule has 0 unspecified atom stereocenters. The molecule has 4 rings (SSSR count). The van der Waals surface area contributed by atoms with E-state index >= 15 is 0 Å². The van der Waals surface area contributed by atoms with E-state index in [0.29, 0.717) is 24.6 Å². The lowest BCUT2D eigenvalue weighted by Gasteiger charge is -2.24. The van der Waals surface area contributed by atoms with Gasteiger partial charge in [-0.15, -0.1) is 0 Å². The molecular weight excluding hydrogens is 465 g/mol. The largest absolute Gasteiger partial charge is 0.479 e. The molecular formula is C26H32FN5O2S. The average molecular weight is 498 g/mol. The highest BCUT2D eigenvalue weighted by molar-refractivity contribution is 7.87. The van der Waals surface area contributed by atoms with Gasteiger partial charge in [0.2, 0.25) is 0 Å². The Bertz CT molecular complexity index is 1250. The summed E-state index contributed by atoms with van der Waals surface area (Å²) in [7, 11) is 0.0964. The average Bonchev–Trinajstić information content (AvgIpc) is 3.34. The predicted molar refractivity (Wildman–Crippen MR) is 140 cm³/mol. The summed E-state index contributed by atoms with van der Waals surface area (Å²) in [6.45, 7) is 8.69. The van der Waals surface area contributed by atoms with Gasteiger partial charge in [0.15, 0.2) is 6.10 Å². The van der Waals surface area contributed by atoms with E-state index in [4.69, 9.17) is 9.10 Å². The molecule has 1 saturated heterocycles. The number of rotatable bonds is 8. The quantitative estimate of drug-likeness (QED) is 0.433. The Morgan fingerprint density at radius 1 is 1.20 bits per heavy atom. The summed E-state index contributed by atoms with van der Waals surface area (Å²) >= 11 is 0. The molecule has 0 saturated carbocycles. The van der Waals surface area contributed by atoms with Crippen molar-refractivity contribution in [2.45, 2.75) is 46.6 Å². The van der Waals surface area contributed by atoms with Crippen LogP contribution in [0.15, 0.2) is 41.0 Å². The number of nitrogens with zero attached hydrogens (tertiary/aromatic N) is 4. The van der Waals surface area contributed by atoms with Gasteiger partial charge in [0.1, 0.15) is 23.7 Å². The molecule has 186 valence electrons. The van der Waals surface area contributed by atoms with E-state index in [0.717, 1.165) is 33.7 Å². The lowest BCUT2D eigenvalue weighted by molar-refractivity contribution is -0.137. The molecule has 1 atom stereocenters. The highest BCUT2D eigenvalue weighted by Crippen LogP contribution is 2.34. The zero-order valence-corrected chi connectivity index (χ0v) is 21.5. The summed E-state index contributed by atoms with van der Waals surface area (Å²) < 4.78 is 25.0. The molecule has 2 heterocycles. The van der Waals surface area contributed by atoms with Crippen molar-refractivity contribution >= 4 is 44.7 Å². The molecule has 1 aliphatic rings. The van der Waals surface area contributed by atoms with E-state index in [9.17, 15) is 9.18 Å². The Labute approximate surface area is 208 Å². The summed E-state index contributed by atoms with van der Waals surface area (Å²) in [5, 5.41) is 4.15. The Kier molecular flexibility index (Phi) is 7.95. The number of ether oxygens (including phenoxy) is 1. The number of hydrogen-bond acceptors (Lipinski definition) is 6. The molecule has 1 N–H and O–H groups in total. The first-order chi connectivity index (χ1) is 16.9. The lowest BCUT2D eigenvalue weighted by atomic mass is 10.1. The second-order valence-electron chi connectivity index (χ2n) is 8.58. The van der Waals surface area contributed by atoms with Gasteiger partial charge in [-0.3, -0.25) is 4.79 Å². The molecule has 7 nitrogen and oxygen atoms in total. The lowest BCUT2D eigenvalue weighted by Crippen LogP contribution is -2.40. The number of aryl methyl sites for hydroxylation is 1. The summed E-state index contributed by atoms with van der Waals surface area (Å²) in [4.78, 5) is 23.3. The van der Waals surface area contributed by atoms with E-state index in [1.54, 1.807) is 17.9 Å². The smallest absolute Gasteiger partial charge is 0.263 e. The fraction of sp³-hybridized carbons (Fsp3) is 0.423. The first-order valence-electron chi connectivity index (χ1n) is 12.1. The van der Waals surface area contributed by atoms with Crippen LogP contribution in [0.5, 0.6) is 5.75 Å². The molecule has 0 spiro atoms. The van der Waals surface area contributed by atoms with Gasteiger partial charge in [-0.25, -0.2) is 18.7 Å². The minimum atomic E-state index is -0.762. The van der Waals surface area contributed by atoms with Crippen LogP contribution in [0.3, 0.4) is 0 Å². The van der Waals surface area contributed by atoms with Crippen molar-refractivity contribution in [3.05, 3.63) is 48.0 Å². The van der Waals surface area contributed by atoms with Crippen molar-refractivity contribution in [2.24, 2.45) is 4.36 Å². The van der Waals surface area contributed by atoms with Gasteiger partial charge in [-0.1, -0.05) is 10.7 Å². The second-order valence-corrected chi connectivity index (χ2v) is 10.5. The summed E-state index contributed by atoms with van der Waals surface area (Å²) in [5.41, 5.74) is 3.26. The van der Waals surface area contributed by atoms with Crippen LogP contribution >= 0.6 is 0 Å². The fourth-order valence-electron chi connectivity index (χ4n) is 4.26. The van der Waals surface area contributed by atoms with Gasteiger partial charge in [-0.2, -0.15) is 0 Å². The first kappa shape index (κ1) is 25.0. The topological polar surface area (TPSA) is 79.7 Å². The van der Waals surface area contributed by atoms with Crippen molar-refractivity contribution < 1.29 is 13.9 Å². The molecule has 0 radical (unpaired) electrons. The van der Waals surface area contributed by atoms with Crippen LogP contribution in [-0.2, 0) is 15.5 Å². The molecule has 1 aliphatic heterocycles. The maximum Gasteiger partial charge on any atom is 0.263 e. The van der Waals surface area contributed by atoms with Crippen LogP contribution in [0.2, 0.25) is 0 Å². The van der Waals surface area contributed by atoms with Crippen LogP contribution in [0.4, 0.5) is 21.6 Å². The number of amides is 1. The van der Waals surface area contributed by atoms with Gasteiger partial charge >= 0.3 is 0 Å². The van der Waals surface area contributed by atoms with Gasteiger partial charge < -0.3 is 15.0 Å². The third-order valence-electron chi connectivity index (χ3n) is 6.09. The molecule has 35 heavy (non-hydrogen) atoms. The van der Waals surface area contributed by atoms with Crippen molar-refractivity contribution in [2.75, 3.05) is 29.9 Å². The van der Waals surface area contributed by atoms with Crippen LogP contribution in [0, 0.1) is 12.7 Å². The highest BCUT2D eigenvalue weighted by atomic mass is 32.2. The first-order valence-corrected chi connectivity index (χ1v) is 13.6. The second kappa shape index (κ2) is 11.1. The molecule has 1 aromatic heterocycles. The normalized spacial score (nSPS) is 14.7. The van der Waals surface area contributed by atoms with Crippen LogP contribution in [0.25, 0.3) is 10.9 Å². The molecule has 1 fully saturated rings. The number of carbonyl (C=O) groups is 1. The van der Waals surface area contributed by atoms with Gasteiger partial charge in [-0.05, 0) is 70.4 Å². The Hall–Kier alpha value is -3.07. The highest BCUT2D eigenvalue weighted by Gasteiger charge is 2.22. The summed E-state index contributed by atoms with van der Waals surface area (Å²) in [6.07, 6.45) is 3.23. The number of likely N-dealkylation sites (N-methyl/N-ethyl adjacent to an activating group) is 1. The van der Waals surface area contributed by atoms with E-state index in [1.165, 1.54) is 31.3 Å². The summed E-state index contributed by atoms with van der Waals surface area (Å²) in [6, 6.07) is 8.28. The molecule has 2 aromatic carbocycles. The summed E-state index contributed by atoms with van der Waals surface area (Å²) in [5.74, 6) is 2.56. The number of hydrogen-bond donors (Lipinski definition) is 1. The maximum absolute atomic E-state index is 14.1.